The van der Waals surface area contributed by atoms with Crippen molar-refractivity contribution >= 4 is 16.8 Å². The zero-order valence-corrected chi connectivity index (χ0v) is 16.9. The van der Waals surface area contributed by atoms with Crippen LogP contribution in [0.1, 0.15) is 5.56 Å². The Bertz CT molecular complexity index is 1270. The van der Waals surface area contributed by atoms with Crippen molar-refractivity contribution in [3.05, 3.63) is 88.7 Å². The highest BCUT2D eigenvalue weighted by Gasteiger charge is 2.12. The number of aromatic nitrogens is 2. The van der Waals surface area contributed by atoms with Gasteiger partial charge in [-0.25, -0.2) is 4.98 Å². The van der Waals surface area contributed by atoms with Crippen LogP contribution in [-0.2, 0) is 11.3 Å². The summed E-state index contributed by atoms with van der Waals surface area (Å²) in [6.07, 6.45) is 0. The molecular formula is C24H21N3O4. The van der Waals surface area contributed by atoms with Gasteiger partial charge in [0.15, 0.2) is 18.1 Å². The maximum absolute atomic E-state index is 12.3. The van der Waals surface area contributed by atoms with Crippen molar-refractivity contribution in [2.24, 2.45) is 0 Å². The van der Waals surface area contributed by atoms with Crippen LogP contribution in [0.2, 0.25) is 0 Å². The van der Waals surface area contributed by atoms with Crippen LogP contribution >= 0.6 is 0 Å². The minimum absolute atomic E-state index is 0.145. The molecule has 31 heavy (non-hydrogen) atoms. The first-order valence-electron chi connectivity index (χ1n) is 9.75. The van der Waals surface area contributed by atoms with Gasteiger partial charge in [0.1, 0.15) is 5.82 Å². The molecule has 1 amide bonds. The summed E-state index contributed by atoms with van der Waals surface area (Å²) in [5.41, 5.74) is 2.07. The second kappa shape index (κ2) is 9.13. The molecule has 0 saturated carbocycles. The van der Waals surface area contributed by atoms with Gasteiger partial charge in [0.2, 0.25) is 0 Å². The van der Waals surface area contributed by atoms with Crippen molar-refractivity contribution in [3.63, 3.8) is 0 Å². The molecule has 156 valence electrons. The molecule has 0 spiro atoms. The van der Waals surface area contributed by atoms with Crippen LogP contribution in [0, 0.1) is 0 Å². The molecule has 7 heteroatoms. The van der Waals surface area contributed by atoms with Gasteiger partial charge in [0.05, 0.1) is 18.0 Å². The van der Waals surface area contributed by atoms with E-state index < -0.39 is 0 Å². The van der Waals surface area contributed by atoms with Crippen LogP contribution in [0.3, 0.4) is 0 Å². The number of nitrogens with one attached hydrogen (secondary N) is 2. The van der Waals surface area contributed by atoms with Gasteiger partial charge >= 0.3 is 0 Å². The third-order valence-corrected chi connectivity index (χ3v) is 4.74. The van der Waals surface area contributed by atoms with E-state index in [1.165, 1.54) is 7.11 Å². The van der Waals surface area contributed by atoms with E-state index in [0.29, 0.717) is 40.3 Å². The van der Waals surface area contributed by atoms with Crippen molar-refractivity contribution in [1.82, 2.24) is 15.3 Å². The standard InChI is InChI=1S/C24H21N3O4/c1-30-21-13-17(23-26-19-10-6-5-9-18(19)24(29)27-23)11-12-20(21)31-15-22(28)25-14-16-7-3-2-4-8-16/h2-13H,14-15H2,1H3,(H,25,28)(H,26,27,29). The number of carbonyl (C=O) groups excluding carboxylic acids is 1. The third-order valence-electron chi connectivity index (χ3n) is 4.74. The Balaban J connectivity index is 1.47. The zero-order chi connectivity index (χ0) is 21.6. The molecule has 0 atom stereocenters. The molecule has 4 rings (SSSR count). The largest absolute Gasteiger partial charge is 0.493 e. The molecule has 3 aromatic carbocycles. The van der Waals surface area contributed by atoms with E-state index in [4.69, 9.17) is 9.47 Å². The van der Waals surface area contributed by atoms with E-state index in [1.807, 2.05) is 36.4 Å². The van der Waals surface area contributed by atoms with Gasteiger partial charge in [-0.05, 0) is 35.9 Å². The number of para-hydroxylation sites is 1. The topological polar surface area (TPSA) is 93.3 Å². The Labute approximate surface area is 178 Å². The van der Waals surface area contributed by atoms with E-state index in [2.05, 4.69) is 15.3 Å². The van der Waals surface area contributed by atoms with E-state index in [-0.39, 0.29) is 18.1 Å². The highest BCUT2D eigenvalue weighted by atomic mass is 16.5. The molecule has 0 aliphatic carbocycles. The molecule has 2 N–H and O–H groups in total. The van der Waals surface area contributed by atoms with Gasteiger partial charge in [0, 0.05) is 12.1 Å². The van der Waals surface area contributed by atoms with E-state index in [9.17, 15) is 9.59 Å². The molecule has 0 aliphatic rings. The lowest BCUT2D eigenvalue weighted by molar-refractivity contribution is -0.123. The molecule has 0 fully saturated rings. The number of carbonyl (C=O) groups is 1. The fourth-order valence-corrected chi connectivity index (χ4v) is 3.15. The summed E-state index contributed by atoms with van der Waals surface area (Å²) < 4.78 is 11.0. The average molecular weight is 415 g/mol. The Morgan fingerprint density at radius 3 is 2.58 bits per heavy atom. The second-order valence-corrected chi connectivity index (χ2v) is 6.85. The number of benzene rings is 3. The normalized spacial score (nSPS) is 10.6. The predicted octanol–water partition coefficient (Wildman–Crippen LogP) is 3.29. The summed E-state index contributed by atoms with van der Waals surface area (Å²) in [4.78, 5) is 31.8. The monoisotopic (exact) mass is 415 g/mol. The summed E-state index contributed by atoms with van der Waals surface area (Å²) in [7, 11) is 1.51. The fourth-order valence-electron chi connectivity index (χ4n) is 3.15. The van der Waals surface area contributed by atoms with Gasteiger partial charge in [-0.3, -0.25) is 9.59 Å². The maximum atomic E-state index is 12.3. The molecule has 0 saturated heterocycles. The van der Waals surface area contributed by atoms with E-state index in [0.717, 1.165) is 5.56 Å². The molecule has 1 aromatic heterocycles. The van der Waals surface area contributed by atoms with Crippen molar-refractivity contribution in [3.8, 4) is 22.9 Å². The van der Waals surface area contributed by atoms with Crippen molar-refractivity contribution in [1.29, 1.82) is 0 Å². The van der Waals surface area contributed by atoms with Crippen molar-refractivity contribution in [2.75, 3.05) is 13.7 Å². The number of fused-ring (bicyclic) bond motifs is 1. The first kappa shape index (κ1) is 20.2. The maximum Gasteiger partial charge on any atom is 0.259 e. The first-order chi connectivity index (χ1) is 15.1. The van der Waals surface area contributed by atoms with Gasteiger partial charge < -0.3 is 19.8 Å². The number of ether oxygens (including phenoxy) is 2. The molecule has 1 heterocycles. The van der Waals surface area contributed by atoms with Crippen LogP contribution in [0.4, 0.5) is 0 Å². The molecule has 7 nitrogen and oxygen atoms in total. The molecule has 0 radical (unpaired) electrons. The van der Waals surface area contributed by atoms with Crippen molar-refractivity contribution in [2.45, 2.75) is 6.54 Å². The van der Waals surface area contributed by atoms with Crippen LogP contribution < -0.4 is 20.3 Å². The lowest BCUT2D eigenvalue weighted by atomic mass is 10.1. The number of amides is 1. The second-order valence-electron chi connectivity index (χ2n) is 6.85. The zero-order valence-electron chi connectivity index (χ0n) is 16.9. The SMILES string of the molecule is COc1cc(-c2nc3ccccc3c(=O)[nH]2)ccc1OCC(=O)NCc1ccccc1. The summed E-state index contributed by atoms with van der Waals surface area (Å²) in [5.74, 6) is 1.04. The minimum Gasteiger partial charge on any atom is -0.493 e. The van der Waals surface area contributed by atoms with Crippen LogP contribution in [0.25, 0.3) is 22.3 Å². The number of hydrogen-bond donors (Lipinski definition) is 2. The number of H-pyrrole nitrogens is 1. The molecule has 4 aromatic rings. The summed E-state index contributed by atoms with van der Waals surface area (Å²) in [6.45, 7) is 0.285. The fraction of sp³-hybridized carbons (Fsp3) is 0.125. The number of hydrogen-bond acceptors (Lipinski definition) is 5. The Kier molecular flexibility index (Phi) is 5.93. The van der Waals surface area contributed by atoms with Gasteiger partial charge in [0.25, 0.3) is 11.5 Å². The lowest BCUT2D eigenvalue weighted by Crippen LogP contribution is -2.28. The number of rotatable bonds is 7. The third kappa shape index (κ3) is 4.72. The number of aromatic amines is 1. The summed E-state index contributed by atoms with van der Waals surface area (Å²) in [5, 5.41) is 3.34. The number of nitrogens with zero attached hydrogens (tertiary/aromatic N) is 1. The summed E-state index contributed by atoms with van der Waals surface area (Å²) >= 11 is 0. The number of methoxy groups -OCH3 is 1. The quantitative estimate of drug-likeness (QED) is 0.483. The smallest absolute Gasteiger partial charge is 0.259 e. The van der Waals surface area contributed by atoms with Gasteiger partial charge in [-0.15, -0.1) is 0 Å². The van der Waals surface area contributed by atoms with Crippen LogP contribution in [0.15, 0.2) is 77.6 Å². The lowest BCUT2D eigenvalue weighted by Gasteiger charge is -2.12. The Morgan fingerprint density at radius 1 is 1.00 bits per heavy atom. The molecular weight excluding hydrogens is 394 g/mol. The average Bonchev–Trinajstić information content (AvgIpc) is 2.82. The summed E-state index contributed by atoms with van der Waals surface area (Å²) in [6, 6.07) is 21.9. The Morgan fingerprint density at radius 2 is 1.77 bits per heavy atom. The Hall–Kier alpha value is -4.13. The van der Waals surface area contributed by atoms with Crippen molar-refractivity contribution < 1.29 is 14.3 Å². The highest BCUT2D eigenvalue weighted by molar-refractivity contribution is 5.80. The van der Waals surface area contributed by atoms with Crippen LogP contribution in [0.5, 0.6) is 11.5 Å². The molecule has 0 aliphatic heterocycles. The highest BCUT2D eigenvalue weighted by Crippen LogP contribution is 2.31. The van der Waals surface area contributed by atoms with E-state index >= 15 is 0 Å². The van der Waals surface area contributed by atoms with E-state index in [1.54, 1.807) is 36.4 Å². The van der Waals surface area contributed by atoms with Gasteiger partial charge in [-0.2, -0.15) is 0 Å². The van der Waals surface area contributed by atoms with Crippen LogP contribution in [-0.4, -0.2) is 29.6 Å². The predicted molar refractivity (Wildman–Crippen MR) is 118 cm³/mol. The first-order valence-corrected chi connectivity index (χ1v) is 9.75. The molecule has 0 bridgehead atoms. The molecule has 0 unspecified atom stereocenters. The minimum atomic E-state index is -0.240. The van der Waals surface area contributed by atoms with Gasteiger partial charge in [-0.1, -0.05) is 42.5 Å².